The van der Waals surface area contributed by atoms with E-state index in [9.17, 15) is 9.18 Å². The molecule has 106 valence electrons. The van der Waals surface area contributed by atoms with Gasteiger partial charge in [-0.2, -0.15) is 0 Å². The highest BCUT2D eigenvalue weighted by Gasteiger charge is 2.17. The monoisotopic (exact) mass is 287 g/mol. The molecule has 0 bridgehead atoms. The second-order valence-corrected chi connectivity index (χ2v) is 5.92. The third-order valence-corrected chi connectivity index (χ3v) is 3.05. The van der Waals surface area contributed by atoms with Crippen molar-refractivity contribution in [3.63, 3.8) is 0 Å². The summed E-state index contributed by atoms with van der Waals surface area (Å²) >= 11 is 1.05. The van der Waals surface area contributed by atoms with Crippen molar-refractivity contribution in [1.29, 1.82) is 0 Å². The van der Waals surface area contributed by atoms with Gasteiger partial charge in [0.1, 0.15) is 17.2 Å². The molecule has 4 nitrogen and oxygen atoms in total. The van der Waals surface area contributed by atoms with Gasteiger partial charge in [-0.25, -0.2) is 4.39 Å². The number of thioether (sulfide) groups is 1. The highest BCUT2D eigenvalue weighted by molar-refractivity contribution is 8.00. The first-order chi connectivity index (χ1) is 8.73. The molecule has 19 heavy (non-hydrogen) atoms. The quantitative estimate of drug-likeness (QED) is 0.524. The molecule has 0 spiro atoms. The molecule has 1 aromatic rings. The Hall–Kier alpha value is -1.43. The molecule has 0 aliphatic carbocycles. The summed E-state index contributed by atoms with van der Waals surface area (Å²) in [6.07, 6.45) is 0. The lowest BCUT2D eigenvalue weighted by atomic mass is 10.2. The van der Waals surface area contributed by atoms with Crippen molar-refractivity contribution in [3.05, 3.63) is 17.9 Å². The molecule has 0 unspecified atom stereocenters. The van der Waals surface area contributed by atoms with Gasteiger partial charge >= 0.3 is 5.97 Å². The Morgan fingerprint density at radius 2 is 2.05 bits per heavy atom. The van der Waals surface area contributed by atoms with E-state index in [0.29, 0.717) is 10.6 Å². The number of nitrogens with two attached hydrogens (primary N) is 1. The molecule has 0 saturated carbocycles. The number of ether oxygens (including phenoxy) is 2. The number of esters is 1. The van der Waals surface area contributed by atoms with Gasteiger partial charge in [-0.05, 0) is 26.8 Å². The minimum Gasteiger partial charge on any atom is -0.495 e. The highest BCUT2D eigenvalue weighted by atomic mass is 32.2. The van der Waals surface area contributed by atoms with E-state index in [4.69, 9.17) is 15.2 Å². The molecule has 0 aliphatic rings. The van der Waals surface area contributed by atoms with Crippen molar-refractivity contribution in [2.24, 2.45) is 0 Å². The van der Waals surface area contributed by atoms with Crippen LogP contribution in [0.3, 0.4) is 0 Å². The number of methoxy groups -OCH3 is 1. The summed E-state index contributed by atoms with van der Waals surface area (Å²) in [7, 11) is 1.45. The molecule has 1 aromatic carbocycles. The molecule has 0 fully saturated rings. The standard InChI is InChI=1S/C13H18FNO3S/c1-13(2,3)18-12(16)7-19-11-6-10(17-4)9(15)5-8(11)14/h5-6H,7,15H2,1-4H3. The number of anilines is 1. The summed E-state index contributed by atoms with van der Waals surface area (Å²) < 4.78 is 23.8. The van der Waals surface area contributed by atoms with Gasteiger partial charge in [0.25, 0.3) is 0 Å². The van der Waals surface area contributed by atoms with E-state index >= 15 is 0 Å². The van der Waals surface area contributed by atoms with E-state index in [2.05, 4.69) is 0 Å². The third kappa shape index (κ3) is 4.98. The van der Waals surface area contributed by atoms with Crippen molar-refractivity contribution >= 4 is 23.4 Å². The van der Waals surface area contributed by atoms with Crippen LogP contribution in [0.15, 0.2) is 17.0 Å². The van der Waals surface area contributed by atoms with Crippen molar-refractivity contribution in [3.8, 4) is 5.75 Å². The van der Waals surface area contributed by atoms with Gasteiger partial charge in [0, 0.05) is 11.0 Å². The predicted octanol–water partition coefficient (Wildman–Crippen LogP) is 2.85. The topological polar surface area (TPSA) is 61.5 Å². The van der Waals surface area contributed by atoms with Gasteiger partial charge in [0.15, 0.2) is 0 Å². The van der Waals surface area contributed by atoms with E-state index in [0.717, 1.165) is 11.8 Å². The first-order valence-electron chi connectivity index (χ1n) is 5.70. The number of carbonyl (C=O) groups is 1. The Kier molecular flexibility index (Phi) is 5.05. The Morgan fingerprint density at radius 3 is 2.58 bits per heavy atom. The van der Waals surface area contributed by atoms with Crippen LogP contribution >= 0.6 is 11.8 Å². The summed E-state index contributed by atoms with van der Waals surface area (Å²) in [4.78, 5) is 11.8. The van der Waals surface area contributed by atoms with Crippen molar-refractivity contribution in [2.75, 3.05) is 18.6 Å². The molecule has 6 heteroatoms. The zero-order valence-electron chi connectivity index (χ0n) is 11.5. The van der Waals surface area contributed by atoms with Crippen molar-refractivity contribution in [2.45, 2.75) is 31.3 Å². The zero-order valence-corrected chi connectivity index (χ0v) is 12.3. The molecular weight excluding hydrogens is 269 g/mol. The zero-order chi connectivity index (χ0) is 14.6. The van der Waals surface area contributed by atoms with Crippen LogP contribution in [-0.4, -0.2) is 24.4 Å². The summed E-state index contributed by atoms with van der Waals surface area (Å²) in [5, 5.41) is 0. The van der Waals surface area contributed by atoms with Crippen LogP contribution in [0, 0.1) is 5.82 Å². The lowest BCUT2D eigenvalue weighted by Crippen LogP contribution is -2.24. The number of hydrogen-bond acceptors (Lipinski definition) is 5. The number of carbonyl (C=O) groups excluding carboxylic acids is 1. The highest BCUT2D eigenvalue weighted by Crippen LogP contribution is 2.31. The second-order valence-electron chi connectivity index (χ2n) is 4.90. The van der Waals surface area contributed by atoms with Gasteiger partial charge in [-0.1, -0.05) is 0 Å². The van der Waals surface area contributed by atoms with Gasteiger partial charge in [-0.3, -0.25) is 4.79 Å². The van der Waals surface area contributed by atoms with Gasteiger partial charge in [0.05, 0.1) is 18.6 Å². The minimum absolute atomic E-state index is 0.0290. The first kappa shape index (κ1) is 15.6. The van der Waals surface area contributed by atoms with Crippen LogP contribution in [0.1, 0.15) is 20.8 Å². The van der Waals surface area contributed by atoms with Crippen LogP contribution in [-0.2, 0) is 9.53 Å². The van der Waals surface area contributed by atoms with Gasteiger partial charge in [-0.15, -0.1) is 11.8 Å². The third-order valence-electron chi connectivity index (χ3n) is 2.05. The first-order valence-corrected chi connectivity index (χ1v) is 6.69. The molecule has 0 atom stereocenters. The number of rotatable bonds is 4. The number of hydrogen-bond donors (Lipinski definition) is 1. The van der Waals surface area contributed by atoms with E-state index in [-0.39, 0.29) is 11.4 Å². The van der Waals surface area contributed by atoms with Crippen molar-refractivity contribution in [1.82, 2.24) is 0 Å². The Labute approximate surface area is 116 Å². The van der Waals surface area contributed by atoms with E-state index in [1.54, 1.807) is 20.8 Å². The molecule has 0 amide bonds. The maximum Gasteiger partial charge on any atom is 0.316 e. The SMILES string of the molecule is COc1cc(SCC(=O)OC(C)(C)C)c(F)cc1N. The molecule has 0 aromatic heterocycles. The maximum atomic E-state index is 13.6. The van der Waals surface area contributed by atoms with Crippen LogP contribution in [0.5, 0.6) is 5.75 Å². The van der Waals surface area contributed by atoms with Crippen LogP contribution in [0.2, 0.25) is 0 Å². The van der Waals surface area contributed by atoms with Gasteiger partial charge < -0.3 is 15.2 Å². The smallest absolute Gasteiger partial charge is 0.316 e. The average Bonchev–Trinajstić information content (AvgIpc) is 2.25. The summed E-state index contributed by atoms with van der Waals surface area (Å²) in [6.45, 7) is 5.34. The summed E-state index contributed by atoms with van der Waals surface area (Å²) in [5.74, 6) is -0.464. The summed E-state index contributed by atoms with van der Waals surface area (Å²) in [5.41, 5.74) is 5.25. The number of nitrogen functional groups attached to an aromatic ring is 1. The van der Waals surface area contributed by atoms with Gasteiger partial charge in [0.2, 0.25) is 0 Å². The molecule has 2 N–H and O–H groups in total. The van der Waals surface area contributed by atoms with E-state index in [1.165, 1.54) is 19.2 Å². The fraction of sp³-hybridized carbons (Fsp3) is 0.462. The number of halogens is 1. The lowest BCUT2D eigenvalue weighted by Gasteiger charge is -2.19. The fourth-order valence-corrected chi connectivity index (χ4v) is 2.06. The minimum atomic E-state index is -0.547. The Morgan fingerprint density at radius 1 is 1.42 bits per heavy atom. The average molecular weight is 287 g/mol. The molecule has 1 rings (SSSR count). The molecule has 0 radical (unpaired) electrons. The van der Waals surface area contributed by atoms with Crippen molar-refractivity contribution < 1.29 is 18.7 Å². The largest absolute Gasteiger partial charge is 0.495 e. The lowest BCUT2D eigenvalue weighted by molar-refractivity contribution is -0.151. The Balaban J connectivity index is 2.70. The summed E-state index contributed by atoms with van der Waals surface area (Å²) in [6, 6.07) is 2.65. The normalized spacial score (nSPS) is 11.2. The van der Waals surface area contributed by atoms with Crippen LogP contribution in [0.4, 0.5) is 10.1 Å². The van der Waals surface area contributed by atoms with E-state index < -0.39 is 17.4 Å². The Bertz CT molecular complexity index is 472. The van der Waals surface area contributed by atoms with E-state index in [1.807, 2.05) is 0 Å². The number of benzene rings is 1. The maximum absolute atomic E-state index is 13.6. The fourth-order valence-electron chi connectivity index (χ4n) is 1.35. The van der Waals surface area contributed by atoms with Crippen LogP contribution in [0.25, 0.3) is 0 Å². The molecular formula is C13H18FNO3S. The molecule has 0 saturated heterocycles. The predicted molar refractivity (Wildman–Crippen MR) is 73.9 cm³/mol. The molecule has 0 aliphatic heterocycles. The second kappa shape index (κ2) is 6.14. The molecule has 0 heterocycles. The van der Waals surface area contributed by atoms with Crippen LogP contribution < -0.4 is 10.5 Å².